The third-order valence-electron chi connectivity index (χ3n) is 5.57. The highest BCUT2D eigenvalue weighted by molar-refractivity contribution is 14.0. The lowest BCUT2D eigenvalue weighted by atomic mass is 10.0. The van der Waals surface area contributed by atoms with Gasteiger partial charge in [-0.25, -0.2) is 0 Å². The molecule has 2 N–H and O–H groups in total. The molecule has 0 spiro atoms. The first kappa shape index (κ1) is 23.1. The molecule has 0 aromatic heterocycles. The average molecular weight is 502 g/mol. The van der Waals surface area contributed by atoms with Gasteiger partial charge in [-0.1, -0.05) is 0 Å². The molecule has 6 nitrogen and oxygen atoms in total. The van der Waals surface area contributed by atoms with E-state index < -0.39 is 0 Å². The fraction of sp³-hybridized carbons (Fsp3) is 0.667. The second-order valence-electron chi connectivity index (χ2n) is 7.88. The zero-order valence-electron chi connectivity index (χ0n) is 17.7. The number of piperidine rings is 1. The van der Waals surface area contributed by atoms with Gasteiger partial charge in [0.25, 0.3) is 0 Å². The Kier molecular flexibility index (Phi) is 8.67. The number of methoxy groups -OCH3 is 1. The van der Waals surface area contributed by atoms with Crippen LogP contribution in [0, 0.1) is 0 Å². The monoisotopic (exact) mass is 502 g/mol. The van der Waals surface area contributed by atoms with Crippen LogP contribution in [0.15, 0.2) is 17.1 Å². The number of guanidine groups is 1. The van der Waals surface area contributed by atoms with Gasteiger partial charge in [-0.3, -0.25) is 4.99 Å². The van der Waals surface area contributed by atoms with Gasteiger partial charge in [0, 0.05) is 56.3 Å². The zero-order chi connectivity index (χ0) is 19.4. The molecule has 1 atom stereocenters. The van der Waals surface area contributed by atoms with Gasteiger partial charge in [-0.2, -0.15) is 0 Å². The quantitative estimate of drug-likeness (QED) is 0.368. The van der Waals surface area contributed by atoms with E-state index >= 15 is 0 Å². The predicted octanol–water partition coefficient (Wildman–Crippen LogP) is 3.17. The van der Waals surface area contributed by atoms with Gasteiger partial charge >= 0.3 is 0 Å². The van der Waals surface area contributed by atoms with Gasteiger partial charge in [0.2, 0.25) is 0 Å². The molecule has 28 heavy (non-hydrogen) atoms. The minimum absolute atomic E-state index is 0. The molecule has 0 radical (unpaired) electrons. The number of ether oxygens (including phenoxy) is 2. The molecule has 7 heteroatoms. The topological polar surface area (TPSA) is 58.1 Å². The number of rotatable bonds is 5. The molecule has 1 saturated heterocycles. The molecule has 0 aliphatic carbocycles. The molecular weight excluding hydrogens is 467 g/mol. The van der Waals surface area contributed by atoms with Crippen LogP contribution in [-0.2, 0) is 13.0 Å². The van der Waals surface area contributed by atoms with E-state index in [1.807, 2.05) is 7.05 Å². The zero-order valence-corrected chi connectivity index (χ0v) is 20.1. The first-order valence-electron chi connectivity index (χ1n) is 10.1. The van der Waals surface area contributed by atoms with Crippen LogP contribution in [-0.4, -0.2) is 56.3 Å². The van der Waals surface area contributed by atoms with Crippen LogP contribution < -0.4 is 20.1 Å². The summed E-state index contributed by atoms with van der Waals surface area (Å²) >= 11 is 0. The van der Waals surface area contributed by atoms with Gasteiger partial charge in [0.15, 0.2) is 5.96 Å². The van der Waals surface area contributed by atoms with E-state index in [0.29, 0.717) is 18.6 Å². The molecule has 1 unspecified atom stereocenters. The Morgan fingerprint density at radius 2 is 2.04 bits per heavy atom. The van der Waals surface area contributed by atoms with Crippen molar-refractivity contribution >= 4 is 29.9 Å². The number of benzene rings is 1. The van der Waals surface area contributed by atoms with Gasteiger partial charge in [-0.15, -0.1) is 24.0 Å². The number of aliphatic imine (C=N–C) groups is 1. The number of nitrogens with one attached hydrogen (secondary N) is 2. The van der Waals surface area contributed by atoms with E-state index in [-0.39, 0.29) is 30.1 Å². The number of fused-ring (bicyclic) bond motifs is 1. The highest BCUT2D eigenvalue weighted by Gasteiger charge is 2.23. The van der Waals surface area contributed by atoms with Gasteiger partial charge in [-0.05, 0) is 45.7 Å². The minimum Gasteiger partial charge on any atom is -0.496 e. The fourth-order valence-corrected chi connectivity index (χ4v) is 3.94. The van der Waals surface area contributed by atoms with Gasteiger partial charge in [0.1, 0.15) is 17.6 Å². The van der Waals surface area contributed by atoms with Crippen LogP contribution in [0.3, 0.4) is 0 Å². The summed E-state index contributed by atoms with van der Waals surface area (Å²) in [5.41, 5.74) is 2.31. The van der Waals surface area contributed by atoms with Gasteiger partial charge < -0.3 is 25.0 Å². The molecule has 158 valence electrons. The van der Waals surface area contributed by atoms with Crippen LogP contribution in [0.4, 0.5) is 0 Å². The predicted molar refractivity (Wildman–Crippen MR) is 125 cm³/mol. The van der Waals surface area contributed by atoms with Crippen molar-refractivity contribution in [2.24, 2.45) is 4.99 Å². The fourth-order valence-electron chi connectivity index (χ4n) is 3.94. The van der Waals surface area contributed by atoms with Crippen LogP contribution in [0.25, 0.3) is 0 Å². The van der Waals surface area contributed by atoms with Crippen LogP contribution >= 0.6 is 24.0 Å². The van der Waals surface area contributed by atoms with Crippen molar-refractivity contribution < 1.29 is 9.47 Å². The minimum atomic E-state index is 0. The van der Waals surface area contributed by atoms with Crippen molar-refractivity contribution in [3.05, 3.63) is 23.3 Å². The summed E-state index contributed by atoms with van der Waals surface area (Å²) in [7, 11) is 3.54. The van der Waals surface area contributed by atoms with E-state index in [0.717, 1.165) is 55.4 Å². The Labute approximate surface area is 186 Å². The molecule has 0 saturated carbocycles. The van der Waals surface area contributed by atoms with E-state index in [2.05, 4.69) is 53.4 Å². The normalized spacial score (nSPS) is 20.4. The molecule has 2 aliphatic rings. The summed E-state index contributed by atoms with van der Waals surface area (Å²) in [6.45, 7) is 9.56. The van der Waals surface area contributed by atoms with E-state index in [9.17, 15) is 0 Å². The second-order valence-corrected chi connectivity index (χ2v) is 7.88. The summed E-state index contributed by atoms with van der Waals surface area (Å²) in [6.07, 6.45) is 3.47. The molecule has 0 bridgehead atoms. The number of halogens is 1. The van der Waals surface area contributed by atoms with Crippen molar-refractivity contribution in [1.82, 2.24) is 15.5 Å². The van der Waals surface area contributed by atoms with E-state index in [1.165, 1.54) is 5.56 Å². The third kappa shape index (κ3) is 5.65. The number of likely N-dealkylation sites (tertiary alicyclic amines) is 1. The lowest BCUT2D eigenvalue weighted by Gasteiger charge is -2.35. The molecular formula is C21H35IN4O2. The van der Waals surface area contributed by atoms with Crippen LogP contribution in [0.1, 0.15) is 44.7 Å². The van der Waals surface area contributed by atoms with Crippen molar-refractivity contribution in [2.75, 3.05) is 27.2 Å². The SMILES string of the molecule is CN=C(NCc1cc2c(cc1OC)CC(C)O2)NC1CCN(C(C)C)CC1.I. The average Bonchev–Trinajstić information content (AvgIpc) is 3.03. The molecule has 0 amide bonds. The van der Waals surface area contributed by atoms with Crippen LogP contribution in [0.5, 0.6) is 11.5 Å². The maximum Gasteiger partial charge on any atom is 0.191 e. The standard InChI is InChI=1S/C21H34N4O2.HI/c1-14(2)25-8-6-18(7-9-25)24-21(22-4)23-13-17-12-20-16(10-15(3)27-20)11-19(17)26-5;/h11-12,14-15,18H,6-10,13H2,1-5H3,(H2,22,23,24);1H. The number of hydrogen-bond donors (Lipinski definition) is 2. The molecule has 2 heterocycles. The molecule has 1 aromatic rings. The Morgan fingerprint density at radius 1 is 1.32 bits per heavy atom. The van der Waals surface area contributed by atoms with Gasteiger partial charge in [0.05, 0.1) is 7.11 Å². The summed E-state index contributed by atoms with van der Waals surface area (Å²) in [5, 5.41) is 7.01. The Balaban J connectivity index is 0.00000280. The first-order valence-corrected chi connectivity index (χ1v) is 10.1. The second kappa shape index (κ2) is 10.5. The molecule has 3 rings (SSSR count). The smallest absolute Gasteiger partial charge is 0.191 e. The maximum absolute atomic E-state index is 5.90. The Hall–Kier alpha value is -1.22. The van der Waals surface area contributed by atoms with Crippen molar-refractivity contribution in [3.8, 4) is 11.5 Å². The lowest BCUT2D eigenvalue weighted by Crippen LogP contribution is -2.49. The van der Waals surface area contributed by atoms with E-state index in [4.69, 9.17) is 9.47 Å². The number of hydrogen-bond acceptors (Lipinski definition) is 4. The summed E-state index contributed by atoms with van der Waals surface area (Å²) < 4.78 is 11.5. The summed E-state index contributed by atoms with van der Waals surface area (Å²) in [4.78, 5) is 6.93. The highest BCUT2D eigenvalue weighted by atomic mass is 127. The van der Waals surface area contributed by atoms with Crippen molar-refractivity contribution in [3.63, 3.8) is 0 Å². The van der Waals surface area contributed by atoms with Crippen molar-refractivity contribution in [2.45, 2.75) is 64.8 Å². The Bertz CT molecular complexity index is 673. The molecule has 2 aliphatic heterocycles. The molecule has 1 aromatic carbocycles. The van der Waals surface area contributed by atoms with Crippen molar-refractivity contribution in [1.29, 1.82) is 0 Å². The number of nitrogens with zero attached hydrogens (tertiary/aromatic N) is 2. The highest BCUT2D eigenvalue weighted by Crippen LogP contribution is 2.34. The third-order valence-corrected chi connectivity index (χ3v) is 5.57. The summed E-state index contributed by atoms with van der Waals surface area (Å²) in [5.74, 6) is 2.72. The Morgan fingerprint density at radius 3 is 2.64 bits per heavy atom. The first-order chi connectivity index (χ1) is 13.0. The molecule has 1 fully saturated rings. The lowest BCUT2D eigenvalue weighted by molar-refractivity contribution is 0.167. The van der Waals surface area contributed by atoms with E-state index in [1.54, 1.807) is 7.11 Å². The largest absolute Gasteiger partial charge is 0.496 e. The summed E-state index contributed by atoms with van der Waals surface area (Å²) in [6, 6.07) is 5.30. The van der Waals surface area contributed by atoms with Crippen LogP contribution in [0.2, 0.25) is 0 Å². The maximum atomic E-state index is 5.90.